The molecule has 1 fully saturated rings. The number of aromatic nitrogens is 2. The number of ether oxygens (including phenoxy) is 1. The van der Waals surface area contributed by atoms with Gasteiger partial charge in [-0.2, -0.15) is 0 Å². The van der Waals surface area contributed by atoms with Crippen LogP contribution in [0.15, 0.2) is 59.4 Å². The second-order valence-electron chi connectivity index (χ2n) is 6.58. The first kappa shape index (κ1) is 18.4. The first-order valence-electron chi connectivity index (χ1n) is 9.15. The number of hydrogen-bond donors (Lipinski definition) is 1. The van der Waals surface area contributed by atoms with E-state index in [1.165, 1.54) is 6.07 Å². The van der Waals surface area contributed by atoms with E-state index in [1.807, 2.05) is 36.4 Å². The number of para-hydroxylation sites is 2. The minimum absolute atomic E-state index is 0.188. The van der Waals surface area contributed by atoms with Crippen molar-refractivity contribution in [2.75, 3.05) is 43.1 Å². The van der Waals surface area contributed by atoms with E-state index in [4.69, 9.17) is 16.3 Å². The van der Waals surface area contributed by atoms with Crippen LogP contribution in [0.1, 0.15) is 0 Å². The van der Waals surface area contributed by atoms with Crippen molar-refractivity contribution in [3.63, 3.8) is 0 Å². The minimum Gasteiger partial charge on any atom is -0.495 e. The van der Waals surface area contributed by atoms with E-state index in [0.717, 1.165) is 43.2 Å². The van der Waals surface area contributed by atoms with E-state index in [1.54, 1.807) is 13.2 Å². The maximum atomic E-state index is 12.2. The molecule has 1 aliphatic heterocycles. The Labute approximate surface area is 168 Å². The number of methoxy groups -OCH3 is 1. The van der Waals surface area contributed by atoms with Crippen LogP contribution in [-0.4, -0.2) is 43.3 Å². The first-order chi connectivity index (χ1) is 13.7. The van der Waals surface area contributed by atoms with Gasteiger partial charge in [0.15, 0.2) is 0 Å². The van der Waals surface area contributed by atoms with Gasteiger partial charge < -0.3 is 14.5 Å². The second-order valence-corrected chi connectivity index (χ2v) is 6.99. The minimum atomic E-state index is -0.188. The maximum absolute atomic E-state index is 12.2. The predicted molar refractivity (Wildman–Crippen MR) is 113 cm³/mol. The van der Waals surface area contributed by atoms with Crippen LogP contribution < -0.4 is 20.1 Å². The zero-order chi connectivity index (χ0) is 19.5. The summed E-state index contributed by atoms with van der Waals surface area (Å²) in [6.07, 6.45) is 0. The van der Waals surface area contributed by atoms with Crippen molar-refractivity contribution in [3.8, 4) is 17.0 Å². The number of H-pyrrole nitrogens is 1. The van der Waals surface area contributed by atoms with E-state index in [0.29, 0.717) is 16.7 Å². The molecule has 3 aromatic rings. The fraction of sp³-hybridized carbons (Fsp3) is 0.238. The Hall–Kier alpha value is -2.99. The quantitative estimate of drug-likeness (QED) is 0.732. The highest BCUT2D eigenvalue weighted by Crippen LogP contribution is 2.29. The van der Waals surface area contributed by atoms with Crippen LogP contribution in [0.3, 0.4) is 0 Å². The Bertz CT molecular complexity index is 1030. The lowest BCUT2D eigenvalue weighted by molar-refractivity contribution is 0.413. The van der Waals surface area contributed by atoms with Gasteiger partial charge >= 0.3 is 0 Å². The number of hydrogen-bond acceptors (Lipinski definition) is 5. The third kappa shape index (κ3) is 3.68. The molecule has 0 bridgehead atoms. The smallest absolute Gasteiger partial charge is 0.252 e. The SMILES string of the molecule is COc1ccccc1N1CCN(c2nc(-c3ccccc3Cl)cc(=O)[nH]2)CC1. The average Bonchev–Trinajstić information content (AvgIpc) is 2.74. The number of nitrogens with zero attached hydrogens (tertiary/aromatic N) is 3. The van der Waals surface area contributed by atoms with E-state index in [2.05, 4.69) is 25.8 Å². The third-order valence-corrected chi connectivity index (χ3v) is 5.21. The Morgan fingerprint density at radius 3 is 2.43 bits per heavy atom. The number of rotatable bonds is 4. The van der Waals surface area contributed by atoms with Gasteiger partial charge in [-0.05, 0) is 18.2 Å². The zero-order valence-corrected chi connectivity index (χ0v) is 16.3. The third-order valence-electron chi connectivity index (χ3n) is 4.88. The van der Waals surface area contributed by atoms with Crippen LogP contribution in [0, 0.1) is 0 Å². The number of nitrogens with one attached hydrogen (secondary N) is 1. The van der Waals surface area contributed by atoms with Gasteiger partial charge in [-0.3, -0.25) is 9.78 Å². The van der Waals surface area contributed by atoms with Crippen molar-refractivity contribution in [2.24, 2.45) is 0 Å². The van der Waals surface area contributed by atoms with E-state index in [9.17, 15) is 4.79 Å². The van der Waals surface area contributed by atoms with E-state index >= 15 is 0 Å². The zero-order valence-electron chi connectivity index (χ0n) is 15.6. The van der Waals surface area contributed by atoms with Crippen molar-refractivity contribution in [1.82, 2.24) is 9.97 Å². The fourth-order valence-electron chi connectivity index (χ4n) is 3.45. The molecule has 0 aliphatic carbocycles. The molecule has 144 valence electrons. The summed E-state index contributed by atoms with van der Waals surface area (Å²) in [5.74, 6) is 1.44. The molecule has 0 atom stereocenters. The van der Waals surface area contributed by atoms with E-state index in [-0.39, 0.29) is 5.56 Å². The summed E-state index contributed by atoms with van der Waals surface area (Å²) in [6, 6.07) is 16.9. The van der Waals surface area contributed by atoms with Gasteiger partial charge in [-0.15, -0.1) is 0 Å². The molecule has 1 aliphatic rings. The number of anilines is 2. The Balaban J connectivity index is 1.55. The molecule has 0 radical (unpaired) electrons. The summed E-state index contributed by atoms with van der Waals surface area (Å²) in [5, 5.41) is 0.576. The molecule has 0 spiro atoms. The van der Waals surface area contributed by atoms with Crippen molar-refractivity contribution >= 4 is 23.2 Å². The van der Waals surface area contributed by atoms with Crippen LogP contribution in [-0.2, 0) is 0 Å². The van der Waals surface area contributed by atoms with Gasteiger partial charge in [0, 0.05) is 42.8 Å². The molecule has 1 N–H and O–H groups in total. The summed E-state index contributed by atoms with van der Waals surface area (Å²) < 4.78 is 5.47. The Morgan fingerprint density at radius 1 is 1.00 bits per heavy atom. The van der Waals surface area contributed by atoms with Crippen molar-refractivity contribution < 1.29 is 4.74 Å². The molecule has 2 aromatic carbocycles. The maximum Gasteiger partial charge on any atom is 0.252 e. The van der Waals surface area contributed by atoms with Crippen LogP contribution >= 0.6 is 11.6 Å². The lowest BCUT2D eigenvalue weighted by Crippen LogP contribution is -2.47. The number of halogens is 1. The molecule has 4 rings (SSSR count). The largest absolute Gasteiger partial charge is 0.495 e. The molecule has 1 aromatic heterocycles. The first-order valence-corrected chi connectivity index (χ1v) is 9.52. The highest BCUT2D eigenvalue weighted by molar-refractivity contribution is 6.33. The summed E-state index contributed by atoms with van der Waals surface area (Å²) >= 11 is 6.28. The lowest BCUT2D eigenvalue weighted by atomic mass is 10.1. The average molecular weight is 397 g/mol. The molecular weight excluding hydrogens is 376 g/mol. The highest BCUT2D eigenvalue weighted by atomic mass is 35.5. The van der Waals surface area contributed by atoms with Crippen LogP contribution in [0.4, 0.5) is 11.6 Å². The summed E-state index contributed by atoms with van der Waals surface area (Å²) in [5.41, 5.74) is 2.23. The highest BCUT2D eigenvalue weighted by Gasteiger charge is 2.21. The monoisotopic (exact) mass is 396 g/mol. The number of piperazine rings is 1. The van der Waals surface area contributed by atoms with Crippen LogP contribution in [0.25, 0.3) is 11.3 Å². The molecule has 1 saturated heterocycles. The second kappa shape index (κ2) is 7.94. The molecule has 28 heavy (non-hydrogen) atoms. The van der Waals surface area contributed by atoms with Gasteiger partial charge in [0.05, 0.1) is 18.5 Å². The number of benzene rings is 2. The van der Waals surface area contributed by atoms with Crippen LogP contribution in [0.5, 0.6) is 5.75 Å². The van der Waals surface area contributed by atoms with Gasteiger partial charge in [0.2, 0.25) is 5.95 Å². The topological polar surface area (TPSA) is 61.5 Å². The van der Waals surface area contributed by atoms with Crippen molar-refractivity contribution in [1.29, 1.82) is 0 Å². The molecular formula is C21H21ClN4O2. The Morgan fingerprint density at radius 2 is 1.68 bits per heavy atom. The molecule has 0 saturated carbocycles. The predicted octanol–water partition coefficient (Wildman–Crippen LogP) is 3.43. The van der Waals surface area contributed by atoms with E-state index < -0.39 is 0 Å². The molecule has 6 nitrogen and oxygen atoms in total. The summed E-state index contributed by atoms with van der Waals surface area (Å²) in [4.78, 5) is 24.1. The van der Waals surface area contributed by atoms with Crippen molar-refractivity contribution in [2.45, 2.75) is 0 Å². The van der Waals surface area contributed by atoms with Crippen molar-refractivity contribution in [3.05, 3.63) is 70.0 Å². The molecule has 7 heteroatoms. The van der Waals surface area contributed by atoms with Crippen LogP contribution in [0.2, 0.25) is 5.02 Å². The van der Waals surface area contributed by atoms with Gasteiger partial charge in [-0.25, -0.2) is 4.98 Å². The Kier molecular flexibility index (Phi) is 5.21. The van der Waals surface area contributed by atoms with Gasteiger partial charge in [-0.1, -0.05) is 41.9 Å². The summed E-state index contributed by atoms with van der Waals surface area (Å²) in [6.45, 7) is 3.10. The molecule has 0 unspecified atom stereocenters. The van der Waals surface area contributed by atoms with Gasteiger partial charge in [0.25, 0.3) is 5.56 Å². The van der Waals surface area contributed by atoms with Gasteiger partial charge in [0.1, 0.15) is 5.75 Å². The standard InChI is InChI=1S/C21H21ClN4O2/c1-28-19-9-5-4-8-18(19)25-10-12-26(13-11-25)21-23-17(14-20(27)24-21)15-6-2-3-7-16(15)22/h2-9,14H,10-13H2,1H3,(H,23,24,27). The molecule has 0 amide bonds. The lowest BCUT2D eigenvalue weighted by Gasteiger charge is -2.36. The summed E-state index contributed by atoms with van der Waals surface area (Å²) in [7, 11) is 1.68. The molecule has 2 heterocycles. The number of aromatic amines is 1. The normalized spacial score (nSPS) is 14.2. The fourth-order valence-corrected chi connectivity index (χ4v) is 3.68.